The first-order valence-electron chi connectivity index (χ1n) is 8.26. The number of methoxy groups -OCH3 is 2. The second-order valence-electron chi connectivity index (χ2n) is 6.51. The molecule has 0 saturated carbocycles. The summed E-state index contributed by atoms with van der Waals surface area (Å²) in [6, 6.07) is 5.88. The fraction of sp³-hybridized carbons (Fsp3) is 0.579. The van der Waals surface area contributed by atoms with Gasteiger partial charge in [-0.2, -0.15) is 0 Å². The van der Waals surface area contributed by atoms with Crippen LogP contribution in [0.1, 0.15) is 45.6 Å². The molecule has 0 aliphatic carbocycles. The maximum absolute atomic E-state index is 11.6. The van der Waals surface area contributed by atoms with Crippen molar-refractivity contribution in [2.24, 2.45) is 4.99 Å². The zero-order chi connectivity index (χ0) is 18.0. The average molecular weight is 335 g/mol. The van der Waals surface area contributed by atoms with Crippen molar-refractivity contribution >= 4 is 12.2 Å². The van der Waals surface area contributed by atoms with Crippen LogP contribution in [0, 0.1) is 0 Å². The van der Waals surface area contributed by atoms with Gasteiger partial charge < -0.3 is 14.2 Å². The zero-order valence-corrected chi connectivity index (χ0v) is 15.4. The van der Waals surface area contributed by atoms with E-state index in [4.69, 9.17) is 14.2 Å². The Morgan fingerprint density at radius 2 is 1.88 bits per heavy atom. The molecule has 0 atom stereocenters. The lowest BCUT2D eigenvalue weighted by Crippen LogP contribution is -2.23. The highest BCUT2D eigenvalue weighted by atomic mass is 16.6. The van der Waals surface area contributed by atoms with Crippen molar-refractivity contribution in [2.45, 2.75) is 52.1 Å². The number of unbranched alkanes of at least 4 members (excludes halogenated alkanes) is 1. The molecular formula is C19H29NO4. The molecule has 0 fully saturated rings. The maximum Gasteiger partial charge on any atom is 0.306 e. The lowest BCUT2D eigenvalue weighted by atomic mass is 10.1. The molecule has 1 aromatic carbocycles. The predicted molar refractivity (Wildman–Crippen MR) is 96.3 cm³/mol. The Hall–Kier alpha value is -2.04. The summed E-state index contributed by atoms with van der Waals surface area (Å²) in [4.78, 5) is 15.9. The number of benzene rings is 1. The second-order valence-corrected chi connectivity index (χ2v) is 6.51. The van der Waals surface area contributed by atoms with Crippen molar-refractivity contribution < 1.29 is 19.0 Å². The minimum absolute atomic E-state index is 0.152. The van der Waals surface area contributed by atoms with E-state index in [2.05, 4.69) is 4.99 Å². The highest BCUT2D eigenvalue weighted by Gasteiger charge is 2.15. The normalized spacial score (nSPS) is 11.5. The Balaban J connectivity index is 2.25. The number of esters is 1. The van der Waals surface area contributed by atoms with E-state index >= 15 is 0 Å². The molecule has 0 spiro atoms. The van der Waals surface area contributed by atoms with Gasteiger partial charge in [-0.15, -0.1) is 0 Å². The quantitative estimate of drug-likeness (QED) is 0.391. The van der Waals surface area contributed by atoms with E-state index in [1.165, 1.54) is 0 Å². The number of carbonyl (C=O) groups excluding carboxylic acids is 1. The lowest BCUT2D eigenvalue weighted by molar-refractivity contribution is -0.154. The Morgan fingerprint density at radius 3 is 2.50 bits per heavy atom. The first-order chi connectivity index (χ1) is 11.4. The molecule has 5 nitrogen and oxygen atoms in total. The van der Waals surface area contributed by atoms with Gasteiger partial charge in [0.2, 0.25) is 0 Å². The van der Waals surface area contributed by atoms with Crippen molar-refractivity contribution in [2.75, 3.05) is 20.8 Å². The Kier molecular flexibility index (Phi) is 8.30. The van der Waals surface area contributed by atoms with Crippen LogP contribution < -0.4 is 9.47 Å². The number of nitrogens with zero attached hydrogens (tertiary/aromatic N) is 1. The summed E-state index contributed by atoms with van der Waals surface area (Å²) < 4.78 is 15.8. The molecule has 0 aromatic heterocycles. The number of aliphatic imine (C=N–C) groups is 1. The fourth-order valence-electron chi connectivity index (χ4n) is 2.14. The van der Waals surface area contributed by atoms with Gasteiger partial charge in [-0.1, -0.05) is 6.07 Å². The molecule has 1 rings (SSSR count). The topological polar surface area (TPSA) is 57.1 Å². The van der Waals surface area contributed by atoms with Gasteiger partial charge in [0.1, 0.15) is 5.60 Å². The smallest absolute Gasteiger partial charge is 0.306 e. The van der Waals surface area contributed by atoms with Crippen molar-refractivity contribution in [3.8, 4) is 11.5 Å². The molecule has 0 amide bonds. The SMILES string of the molecule is COc1ccc(CCN=CCCCC(=O)OC(C)(C)C)cc1OC. The van der Waals surface area contributed by atoms with E-state index in [-0.39, 0.29) is 5.97 Å². The average Bonchev–Trinajstić information content (AvgIpc) is 2.52. The van der Waals surface area contributed by atoms with Gasteiger partial charge in [-0.05, 0) is 63.9 Å². The van der Waals surface area contributed by atoms with Crippen LogP contribution in [0.15, 0.2) is 23.2 Å². The van der Waals surface area contributed by atoms with E-state index in [1.54, 1.807) is 14.2 Å². The van der Waals surface area contributed by atoms with Crippen LogP contribution in [0.25, 0.3) is 0 Å². The minimum atomic E-state index is -0.412. The summed E-state index contributed by atoms with van der Waals surface area (Å²) in [5.74, 6) is 1.31. The summed E-state index contributed by atoms with van der Waals surface area (Å²) in [7, 11) is 3.25. The van der Waals surface area contributed by atoms with Crippen LogP contribution in [-0.4, -0.2) is 38.5 Å². The standard InChI is InChI=1S/C19H29NO4/c1-19(2,3)24-18(21)8-6-7-12-20-13-11-15-9-10-16(22-4)17(14-15)23-5/h9-10,12,14H,6-8,11,13H2,1-5H3. The highest BCUT2D eigenvalue weighted by Crippen LogP contribution is 2.27. The van der Waals surface area contributed by atoms with Crippen LogP contribution >= 0.6 is 0 Å². The van der Waals surface area contributed by atoms with Gasteiger partial charge in [0.15, 0.2) is 11.5 Å². The van der Waals surface area contributed by atoms with Crippen molar-refractivity contribution in [3.63, 3.8) is 0 Å². The van der Waals surface area contributed by atoms with Crippen LogP contribution in [0.3, 0.4) is 0 Å². The van der Waals surface area contributed by atoms with Crippen LogP contribution in [0.5, 0.6) is 11.5 Å². The fourth-order valence-corrected chi connectivity index (χ4v) is 2.14. The number of hydrogen-bond donors (Lipinski definition) is 0. The van der Waals surface area contributed by atoms with Gasteiger partial charge in [-0.25, -0.2) is 0 Å². The number of ether oxygens (including phenoxy) is 3. The summed E-state index contributed by atoms with van der Waals surface area (Å²) >= 11 is 0. The third-order valence-electron chi connectivity index (χ3n) is 3.24. The molecule has 0 bridgehead atoms. The minimum Gasteiger partial charge on any atom is -0.493 e. The Labute approximate surface area is 145 Å². The zero-order valence-electron chi connectivity index (χ0n) is 15.4. The molecule has 1 aromatic rings. The highest BCUT2D eigenvalue weighted by molar-refractivity contribution is 5.70. The molecule has 0 N–H and O–H groups in total. The van der Waals surface area contributed by atoms with Gasteiger partial charge in [0.05, 0.1) is 14.2 Å². The first-order valence-corrected chi connectivity index (χ1v) is 8.26. The van der Waals surface area contributed by atoms with Crippen molar-refractivity contribution in [3.05, 3.63) is 23.8 Å². The summed E-state index contributed by atoms with van der Waals surface area (Å²) in [5, 5.41) is 0. The first kappa shape index (κ1) is 20.0. The lowest BCUT2D eigenvalue weighted by Gasteiger charge is -2.19. The van der Waals surface area contributed by atoms with E-state index in [0.717, 1.165) is 36.3 Å². The predicted octanol–water partition coefficient (Wildman–Crippen LogP) is 3.83. The molecule has 5 heteroatoms. The number of carbonyl (C=O) groups is 1. The largest absolute Gasteiger partial charge is 0.493 e. The maximum atomic E-state index is 11.6. The molecular weight excluding hydrogens is 306 g/mol. The third kappa shape index (κ3) is 7.99. The molecule has 134 valence electrons. The summed E-state index contributed by atoms with van der Waals surface area (Å²) in [6.07, 6.45) is 4.69. The van der Waals surface area contributed by atoms with E-state index in [9.17, 15) is 4.79 Å². The van der Waals surface area contributed by atoms with Gasteiger partial charge in [0, 0.05) is 13.0 Å². The molecule has 0 heterocycles. The van der Waals surface area contributed by atoms with Gasteiger partial charge >= 0.3 is 5.97 Å². The van der Waals surface area contributed by atoms with Crippen molar-refractivity contribution in [1.29, 1.82) is 0 Å². The van der Waals surface area contributed by atoms with E-state index < -0.39 is 5.60 Å². The van der Waals surface area contributed by atoms with E-state index in [1.807, 2.05) is 45.2 Å². The van der Waals surface area contributed by atoms with Crippen LogP contribution in [0.2, 0.25) is 0 Å². The Bertz CT molecular complexity index is 547. The molecule has 0 saturated heterocycles. The Morgan fingerprint density at radius 1 is 1.17 bits per heavy atom. The summed E-state index contributed by atoms with van der Waals surface area (Å²) in [6.45, 7) is 6.34. The van der Waals surface area contributed by atoms with Crippen LogP contribution in [-0.2, 0) is 16.0 Å². The third-order valence-corrected chi connectivity index (χ3v) is 3.24. The molecule has 0 aliphatic rings. The van der Waals surface area contributed by atoms with Crippen molar-refractivity contribution in [1.82, 2.24) is 0 Å². The molecule has 0 radical (unpaired) electrons. The monoisotopic (exact) mass is 335 g/mol. The molecule has 0 aliphatic heterocycles. The van der Waals surface area contributed by atoms with Gasteiger partial charge in [0.25, 0.3) is 0 Å². The van der Waals surface area contributed by atoms with Crippen LogP contribution in [0.4, 0.5) is 0 Å². The number of hydrogen-bond acceptors (Lipinski definition) is 5. The molecule has 0 unspecified atom stereocenters. The summed E-state index contributed by atoms with van der Waals surface area (Å²) in [5.41, 5.74) is 0.739. The number of rotatable bonds is 9. The van der Waals surface area contributed by atoms with E-state index in [0.29, 0.717) is 13.0 Å². The molecule has 24 heavy (non-hydrogen) atoms. The second kappa shape index (κ2) is 9.96. The van der Waals surface area contributed by atoms with Gasteiger partial charge in [-0.3, -0.25) is 9.79 Å².